The third-order valence-corrected chi connectivity index (χ3v) is 2.95. The van der Waals surface area contributed by atoms with E-state index in [0.717, 1.165) is 0 Å². The Hall–Kier alpha value is -1.96. The van der Waals surface area contributed by atoms with Crippen molar-refractivity contribution in [1.82, 2.24) is 9.97 Å². The number of nitrogens with one attached hydrogen (secondary N) is 1. The van der Waals surface area contributed by atoms with E-state index in [2.05, 4.69) is 15.3 Å². The van der Waals surface area contributed by atoms with Gasteiger partial charge in [-0.05, 0) is 18.2 Å². The normalized spacial score (nSPS) is 11.7. The van der Waals surface area contributed by atoms with E-state index in [1.165, 1.54) is 6.33 Å². The number of aromatic nitrogens is 2. The summed E-state index contributed by atoms with van der Waals surface area (Å²) in [4.78, 5) is 8.16. The van der Waals surface area contributed by atoms with Crippen molar-refractivity contribution in [3.05, 3.63) is 24.5 Å². The number of hydrogen-bond donors (Lipinski definition) is 5. The molecule has 0 atom stereocenters. The Bertz CT molecular complexity index is 564. The number of nitrogen functional groups attached to an aromatic ring is 1. The molecule has 102 valence electrons. The van der Waals surface area contributed by atoms with Gasteiger partial charge in [-0.2, -0.15) is 0 Å². The maximum Gasteiger partial charge on any atom is 0.138 e. The molecule has 0 aliphatic heterocycles. The minimum atomic E-state index is -1.24. The summed E-state index contributed by atoms with van der Waals surface area (Å²) in [5, 5.41) is 31.5. The Kier molecular flexibility index (Phi) is 3.79. The Morgan fingerprint density at radius 3 is 2.42 bits per heavy atom. The van der Waals surface area contributed by atoms with Crippen molar-refractivity contribution in [2.45, 2.75) is 5.54 Å². The maximum absolute atomic E-state index is 9.31. The monoisotopic (exact) mass is 264 g/mol. The fourth-order valence-electron chi connectivity index (χ4n) is 1.69. The van der Waals surface area contributed by atoms with Gasteiger partial charge in [0, 0.05) is 11.1 Å². The predicted octanol–water partition coefficient (Wildman–Crippen LogP) is -0.660. The molecule has 0 unspecified atom stereocenters. The SMILES string of the molecule is Nc1ccc2ncnc(NC(CO)(CO)CO)c2c1. The minimum Gasteiger partial charge on any atom is -0.399 e. The third-order valence-electron chi connectivity index (χ3n) is 2.95. The number of benzene rings is 1. The fraction of sp³-hybridized carbons (Fsp3) is 0.333. The number of rotatable bonds is 5. The lowest BCUT2D eigenvalue weighted by Crippen LogP contribution is -2.49. The van der Waals surface area contributed by atoms with Gasteiger partial charge in [0.15, 0.2) is 0 Å². The van der Waals surface area contributed by atoms with E-state index < -0.39 is 25.4 Å². The van der Waals surface area contributed by atoms with Gasteiger partial charge in [-0.15, -0.1) is 0 Å². The highest BCUT2D eigenvalue weighted by atomic mass is 16.3. The summed E-state index contributed by atoms with van der Waals surface area (Å²) in [6.45, 7) is -1.31. The average molecular weight is 264 g/mol. The van der Waals surface area contributed by atoms with Gasteiger partial charge < -0.3 is 26.4 Å². The van der Waals surface area contributed by atoms with Crippen LogP contribution in [-0.2, 0) is 0 Å². The fourth-order valence-corrected chi connectivity index (χ4v) is 1.69. The smallest absolute Gasteiger partial charge is 0.138 e. The molecule has 2 aromatic rings. The van der Waals surface area contributed by atoms with E-state index >= 15 is 0 Å². The molecule has 1 heterocycles. The highest BCUT2D eigenvalue weighted by molar-refractivity contribution is 5.91. The summed E-state index contributed by atoms with van der Waals surface area (Å²) >= 11 is 0. The van der Waals surface area contributed by atoms with Gasteiger partial charge in [-0.1, -0.05) is 0 Å². The first-order chi connectivity index (χ1) is 9.14. The molecule has 19 heavy (non-hydrogen) atoms. The standard InChI is InChI=1S/C12H16N4O3/c13-8-1-2-10-9(3-8)11(15-7-14-10)16-12(4-17,5-18)6-19/h1-3,7,17-19H,4-6,13H2,(H,14,15,16). The van der Waals surface area contributed by atoms with E-state index in [1.54, 1.807) is 18.2 Å². The van der Waals surface area contributed by atoms with Gasteiger partial charge in [-0.3, -0.25) is 0 Å². The second kappa shape index (κ2) is 5.35. The molecule has 2 rings (SSSR count). The van der Waals surface area contributed by atoms with Crippen LogP contribution in [0.4, 0.5) is 11.5 Å². The van der Waals surface area contributed by atoms with E-state index in [0.29, 0.717) is 22.4 Å². The highest BCUT2D eigenvalue weighted by Gasteiger charge is 2.28. The number of hydrogen-bond acceptors (Lipinski definition) is 7. The molecular weight excluding hydrogens is 248 g/mol. The van der Waals surface area contributed by atoms with Crippen molar-refractivity contribution in [3.8, 4) is 0 Å². The Labute approximate surface area is 109 Å². The van der Waals surface area contributed by atoms with Crippen LogP contribution in [0.1, 0.15) is 0 Å². The quantitative estimate of drug-likeness (QED) is 0.454. The summed E-state index contributed by atoms with van der Waals surface area (Å²) in [5.41, 5.74) is 5.70. The Morgan fingerprint density at radius 2 is 1.79 bits per heavy atom. The topological polar surface area (TPSA) is 125 Å². The maximum atomic E-state index is 9.31. The number of nitrogens with two attached hydrogens (primary N) is 1. The largest absolute Gasteiger partial charge is 0.399 e. The van der Waals surface area contributed by atoms with Crippen molar-refractivity contribution in [2.24, 2.45) is 0 Å². The second-order valence-corrected chi connectivity index (χ2v) is 4.38. The summed E-state index contributed by atoms with van der Waals surface area (Å²) in [7, 11) is 0. The molecule has 0 bridgehead atoms. The number of fused-ring (bicyclic) bond motifs is 1. The molecule has 0 fully saturated rings. The lowest BCUT2D eigenvalue weighted by atomic mass is 10.0. The van der Waals surface area contributed by atoms with E-state index in [4.69, 9.17) is 5.73 Å². The van der Waals surface area contributed by atoms with Crippen LogP contribution in [-0.4, -0.2) is 50.6 Å². The first-order valence-electron chi connectivity index (χ1n) is 5.75. The first kappa shape index (κ1) is 13.5. The van der Waals surface area contributed by atoms with Gasteiger partial charge in [0.05, 0.1) is 25.3 Å². The molecule has 1 aromatic carbocycles. The zero-order chi connectivity index (χ0) is 13.9. The van der Waals surface area contributed by atoms with E-state index in [1.807, 2.05) is 0 Å². The minimum absolute atomic E-state index is 0.398. The average Bonchev–Trinajstić information content (AvgIpc) is 2.45. The number of anilines is 2. The number of aliphatic hydroxyl groups excluding tert-OH is 3. The van der Waals surface area contributed by atoms with E-state index in [9.17, 15) is 15.3 Å². The highest BCUT2D eigenvalue weighted by Crippen LogP contribution is 2.24. The van der Waals surface area contributed by atoms with Crippen molar-refractivity contribution in [1.29, 1.82) is 0 Å². The number of aliphatic hydroxyl groups is 3. The summed E-state index contributed by atoms with van der Waals surface area (Å²) in [5.74, 6) is 0.398. The van der Waals surface area contributed by atoms with Crippen LogP contribution in [0.15, 0.2) is 24.5 Å². The van der Waals surface area contributed by atoms with Crippen molar-refractivity contribution < 1.29 is 15.3 Å². The predicted molar refractivity (Wildman–Crippen MR) is 71.6 cm³/mol. The zero-order valence-electron chi connectivity index (χ0n) is 10.2. The van der Waals surface area contributed by atoms with Crippen LogP contribution in [0.2, 0.25) is 0 Å². The lowest BCUT2D eigenvalue weighted by molar-refractivity contribution is 0.0832. The molecule has 0 saturated heterocycles. The van der Waals surface area contributed by atoms with Crippen LogP contribution in [0.25, 0.3) is 10.9 Å². The molecule has 0 aliphatic rings. The number of nitrogens with zero attached hydrogens (tertiary/aromatic N) is 2. The van der Waals surface area contributed by atoms with Crippen LogP contribution < -0.4 is 11.1 Å². The van der Waals surface area contributed by atoms with Gasteiger partial charge >= 0.3 is 0 Å². The lowest BCUT2D eigenvalue weighted by Gasteiger charge is -2.29. The molecule has 0 amide bonds. The van der Waals surface area contributed by atoms with Gasteiger partial charge in [0.1, 0.15) is 17.7 Å². The molecule has 7 heteroatoms. The molecule has 0 spiro atoms. The van der Waals surface area contributed by atoms with Crippen LogP contribution in [0.3, 0.4) is 0 Å². The van der Waals surface area contributed by atoms with E-state index in [-0.39, 0.29) is 0 Å². The van der Waals surface area contributed by atoms with Gasteiger partial charge in [-0.25, -0.2) is 9.97 Å². The van der Waals surface area contributed by atoms with Crippen molar-refractivity contribution >= 4 is 22.4 Å². The van der Waals surface area contributed by atoms with Crippen LogP contribution in [0, 0.1) is 0 Å². The zero-order valence-corrected chi connectivity index (χ0v) is 10.2. The third kappa shape index (κ3) is 2.58. The van der Waals surface area contributed by atoms with Crippen LogP contribution in [0.5, 0.6) is 0 Å². The summed E-state index contributed by atoms with van der Waals surface area (Å²) in [6.07, 6.45) is 1.36. The molecular formula is C12H16N4O3. The molecule has 6 N–H and O–H groups in total. The molecule has 7 nitrogen and oxygen atoms in total. The molecule has 1 aromatic heterocycles. The Morgan fingerprint density at radius 1 is 1.11 bits per heavy atom. The summed E-state index contributed by atoms with van der Waals surface area (Å²) < 4.78 is 0. The van der Waals surface area contributed by atoms with Gasteiger partial charge in [0.2, 0.25) is 0 Å². The van der Waals surface area contributed by atoms with Crippen LogP contribution >= 0.6 is 0 Å². The van der Waals surface area contributed by atoms with Gasteiger partial charge in [0.25, 0.3) is 0 Å². The van der Waals surface area contributed by atoms with Crippen molar-refractivity contribution in [3.63, 3.8) is 0 Å². The Balaban J connectivity index is 2.47. The molecule has 0 radical (unpaired) electrons. The van der Waals surface area contributed by atoms with Crippen molar-refractivity contribution in [2.75, 3.05) is 30.9 Å². The summed E-state index contributed by atoms with van der Waals surface area (Å²) in [6, 6.07) is 5.15. The molecule has 0 aliphatic carbocycles. The molecule has 0 saturated carbocycles. The second-order valence-electron chi connectivity index (χ2n) is 4.38. The first-order valence-corrected chi connectivity index (χ1v) is 5.75.